The molecule has 0 spiro atoms. The van der Waals surface area contributed by atoms with Gasteiger partial charge in [0.05, 0.1) is 13.2 Å². The van der Waals surface area contributed by atoms with E-state index in [1.807, 2.05) is 0 Å². The van der Waals surface area contributed by atoms with E-state index in [1.165, 1.54) is 0 Å². The van der Waals surface area contributed by atoms with Crippen LogP contribution < -0.4 is 0 Å². The Morgan fingerprint density at radius 1 is 1.20 bits per heavy atom. The highest BCUT2D eigenvalue weighted by Gasteiger charge is 2.25. The molecule has 0 aromatic rings. The van der Waals surface area contributed by atoms with Crippen LogP contribution in [0.1, 0.15) is 0 Å². The minimum atomic E-state index is -1.36. The van der Waals surface area contributed by atoms with Gasteiger partial charge in [0.25, 0.3) is 0 Å². The molecule has 0 aliphatic heterocycles. The minimum Gasteiger partial charge on any atom is -0.393 e. The van der Waals surface area contributed by atoms with Crippen LogP contribution in [0.15, 0.2) is 0 Å². The van der Waals surface area contributed by atoms with Crippen molar-refractivity contribution < 1.29 is 15.3 Å². The third-order valence-electron chi connectivity index (χ3n) is 1.20. The number of aliphatic hydroxyl groups excluding tert-OH is 2. The van der Waals surface area contributed by atoms with Gasteiger partial charge in [-0.1, -0.05) is 0 Å². The van der Waals surface area contributed by atoms with Crippen molar-refractivity contribution in [1.82, 2.24) is 4.90 Å². The summed E-state index contributed by atoms with van der Waals surface area (Å²) in [5, 5.41) is 26.5. The number of rotatable bonds is 4. The molecule has 0 aromatic carbocycles. The van der Waals surface area contributed by atoms with E-state index in [4.69, 9.17) is 10.2 Å². The van der Waals surface area contributed by atoms with E-state index in [-0.39, 0.29) is 6.54 Å². The predicted octanol–water partition coefficient (Wildman–Crippen LogP) is -1.74. The Morgan fingerprint density at radius 3 is 1.70 bits per heavy atom. The number of likely N-dealkylation sites (N-methyl/N-ethyl adjacent to an activating group) is 1. The normalized spacial score (nSPS) is 12.6. The lowest BCUT2D eigenvalue weighted by Crippen LogP contribution is -2.46. The van der Waals surface area contributed by atoms with Crippen LogP contribution in [0.3, 0.4) is 0 Å². The molecule has 0 amide bonds. The summed E-state index contributed by atoms with van der Waals surface area (Å²) in [6, 6.07) is 0. The van der Waals surface area contributed by atoms with Crippen LogP contribution in [0.4, 0.5) is 0 Å². The van der Waals surface area contributed by atoms with Crippen molar-refractivity contribution >= 4 is 0 Å². The van der Waals surface area contributed by atoms with Crippen LogP contribution in [-0.2, 0) is 0 Å². The summed E-state index contributed by atoms with van der Waals surface area (Å²) in [6.07, 6.45) is 0. The number of aliphatic hydroxyl groups is 3. The van der Waals surface area contributed by atoms with Gasteiger partial charge in [-0.25, -0.2) is 0 Å². The van der Waals surface area contributed by atoms with Gasteiger partial charge < -0.3 is 20.2 Å². The monoisotopic (exact) mass is 149 g/mol. The molecule has 4 nitrogen and oxygen atoms in total. The fourth-order valence-electron chi connectivity index (χ4n) is 0.739. The standard InChI is InChI=1S/C6H15NO3/c1-7(2)3-6(10,4-8)5-9/h8-10H,3-5H2,1-2H3. The first kappa shape index (κ1) is 9.84. The van der Waals surface area contributed by atoms with E-state index in [9.17, 15) is 5.11 Å². The zero-order chi connectivity index (χ0) is 8.20. The smallest absolute Gasteiger partial charge is 0.123 e. The van der Waals surface area contributed by atoms with E-state index < -0.39 is 18.8 Å². The first-order valence-electron chi connectivity index (χ1n) is 3.13. The van der Waals surface area contributed by atoms with Crippen molar-refractivity contribution in [1.29, 1.82) is 0 Å². The molecule has 0 unspecified atom stereocenters. The summed E-state index contributed by atoms with van der Waals surface area (Å²) in [5.41, 5.74) is -1.36. The highest BCUT2D eigenvalue weighted by molar-refractivity contribution is 4.78. The molecule has 0 rings (SSSR count). The van der Waals surface area contributed by atoms with Gasteiger partial charge in [0.2, 0.25) is 0 Å². The molecule has 10 heavy (non-hydrogen) atoms. The van der Waals surface area contributed by atoms with Gasteiger partial charge in [-0.3, -0.25) is 0 Å². The fraction of sp³-hybridized carbons (Fsp3) is 1.00. The van der Waals surface area contributed by atoms with Crippen LogP contribution >= 0.6 is 0 Å². The highest BCUT2D eigenvalue weighted by Crippen LogP contribution is 2.02. The van der Waals surface area contributed by atoms with Gasteiger partial charge in [-0.2, -0.15) is 0 Å². The van der Waals surface area contributed by atoms with Crippen molar-refractivity contribution in [3.05, 3.63) is 0 Å². The third-order valence-corrected chi connectivity index (χ3v) is 1.20. The average molecular weight is 149 g/mol. The second-order valence-electron chi connectivity index (χ2n) is 2.78. The minimum absolute atomic E-state index is 0.264. The highest BCUT2D eigenvalue weighted by atomic mass is 16.4. The molecule has 0 aromatic heterocycles. The molecule has 0 atom stereocenters. The van der Waals surface area contributed by atoms with Gasteiger partial charge in [0.15, 0.2) is 0 Å². The second-order valence-corrected chi connectivity index (χ2v) is 2.78. The van der Waals surface area contributed by atoms with Crippen LogP contribution in [0.25, 0.3) is 0 Å². The Kier molecular flexibility index (Phi) is 3.81. The molecule has 62 valence electrons. The first-order chi connectivity index (χ1) is 4.54. The lowest BCUT2D eigenvalue weighted by Gasteiger charge is -2.26. The van der Waals surface area contributed by atoms with Crippen molar-refractivity contribution in [2.45, 2.75) is 5.60 Å². The first-order valence-corrected chi connectivity index (χ1v) is 3.13. The van der Waals surface area contributed by atoms with E-state index >= 15 is 0 Å². The molecule has 0 aliphatic carbocycles. The number of hydrogen-bond acceptors (Lipinski definition) is 4. The van der Waals surface area contributed by atoms with E-state index in [1.54, 1.807) is 19.0 Å². The van der Waals surface area contributed by atoms with Crippen molar-refractivity contribution in [2.24, 2.45) is 0 Å². The molecule has 0 saturated heterocycles. The lowest BCUT2D eigenvalue weighted by atomic mass is 10.1. The van der Waals surface area contributed by atoms with Crippen LogP contribution in [0, 0.1) is 0 Å². The Labute approximate surface area is 60.7 Å². The summed E-state index contributed by atoms with van der Waals surface area (Å²) < 4.78 is 0. The van der Waals surface area contributed by atoms with Crippen molar-refractivity contribution in [3.63, 3.8) is 0 Å². The van der Waals surface area contributed by atoms with E-state index in [2.05, 4.69) is 0 Å². The van der Waals surface area contributed by atoms with Gasteiger partial charge in [0.1, 0.15) is 5.60 Å². The number of hydrogen-bond donors (Lipinski definition) is 3. The Balaban J connectivity index is 3.80. The van der Waals surface area contributed by atoms with Gasteiger partial charge in [-0.05, 0) is 14.1 Å². The molecule has 0 radical (unpaired) electrons. The van der Waals surface area contributed by atoms with Crippen LogP contribution in [-0.4, -0.2) is 59.7 Å². The molecule has 0 saturated carbocycles. The summed E-state index contributed by atoms with van der Waals surface area (Å²) in [7, 11) is 3.52. The SMILES string of the molecule is CN(C)CC(O)(CO)CO. The van der Waals surface area contributed by atoms with E-state index in [0.717, 1.165) is 0 Å². The van der Waals surface area contributed by atoms with Crippen molar-refractivity contribution in [2.75, 3.05) is 33.9 Å². The topological polar surface area (TPSA) is 63.9 Å². The molecule has 0 fully saturated rings. The van der Waals surface area contributed by atoms with Crippen molar-refractivity contribution in [3.8, 4) is 0 Å². The molecule has 3 N–H and O–H groups in total. The Morgan fingerprint density at radius 2 is 1.60 bits per heavy atom. The number of nitrogens with zero attached hydrogens (tertiary/aromatic N) is 1. The van der Waals surface area contributed by atoms with Gasteiger partial charge in [-0.15, -0.1) is 0 Å². The largest absolute Gasteiger partial charge is 0.393 e. The molecule has 0 heterocycles. The zero-order valence-corrected chi connectivity index (χ0v) is 6.41. The lowest BCUT2D eigenvalue weighted by molar-refractivity contribution is -0.0677. The predicted molar refractivity (Wildman–Crippen MR) is 37.7 cm³/mol. The average Bonchev–Trinajstić information content (AvgIpc) is 1.87. The quantitative estimate of drug-likeness (QED) is 0.444. The Bertz CT molecular complexity index is 91.0. The van der Waals surface area contributed by atoms with Gasteiger partial charge in [0, 0.05) is 6.54 Å². The molecule has 4 heteroatoms. The summed E-state index contributed by atoms with van der Waals surface area (Å²) >= 11 is 0. The van der Waals surface area contributed by atoms with Gasteiger partial charge >= 0.3 is 0 Å². The maximum absolute atomic E-state index is 9.26. The zero-order valence-electron chi connectivity index (χ0n) is 6.41. The maximum Gasteiger partial charge on any atom is 0.123 e. The van der Waals surface area contributed by atoms with Crippen LogP contribution in [0.2, 0.25) is 0 Å². The molecule has 0 aliphatic rings. The maximum atomic E-state index is 9.26. The Hall–Kier alpha value is -0.160. The molecular formula is C6H15NO3. The fourth-order valence-corrected chi connectivity index (χ4v) is 0.739. The summed E-state index contributed by atoms with van der Waals surface area (Å²) in [5.74, 6) is 0. The second kappa shape index (κ2) is 3.88. The van der Waals surface area contributed by atoms with Crippen LogP contribution in [0.5, 0.6) is 0 Å². The summed E-state index contributed by atoms with van der Waals surface area (Å²) in [4.78, 5) is 1.70. The summed E-state index contributed by atoms with van der Waals surface area (Å²) in [6.45, 7) is -0.566. The van der Waals surface area contributed by atoms with E-state index in [0.29, 0.717) is 0 Å². The molecule has 0 bridgehead atoms. The molecular weight excluding hydrogens is 134 g/mol. The third kappa shape index (κ3) is 3.12.